The third kappa shape index (κ3) is 5.00. The molecule has 43 heavy (non-hydrogen) atoms. The summed E-state index contributed by atoms with van der Waals surface area (Å²) in [5.74, 6) is 1.83. The summed E-state index contributed by atoms with van der Waals surface area (Å²) in [5, 5.41) is 1.03. The van der Waals surface area contributed by atoms with Gasteiger partial charge in [0.15, 0.2) is 0 Å². The molecule has 220 valence electrons. The fourth-order valence-corrected chi connectivity index (χ4v) is 6.44. The number of halogens is 1. The third-order valence-electron chi connectivity index (χ3n) is 9.06. The first-order valence-electron chi connectivity index (χ1n) is 15.5. The average molecular weight is 579 g/mol. The molecule has 0 unspecified atom stereocenters. The lowest BCUT2D eigenvalue weighted by molar-refractivity contribution is 0.0337. The van der Waals surface area contributed by atoms with Gasteiger partial charge in [0, 0.05) is 73.0 Å². The van der Waals surface area contributed by atoms with Gasteiger partial charge >= 0.3 is 0 Å². The molecule has 0 amide bonds. The minimum absolute atomic E-state index is 0.0973. The van der Waals surface area contributed by atoms with Crippen molar-refractivity contribution in [1.29, 1.82) is 0 Å². The Morgan fingerprint density at radius 2 is 1.84 bits per heavy atom. The van der Waals surface area contributed by atoms with E-state index in [1.165, 1.54) is 11.6 Å². The van der Waals surface area contributed by atoms with Crippen LogP contribution in [0.1, 0.15) is 61.4 Å². The van der Waals surface area contributed by atoms with E-state index in [4.69, 9.17) is 9.72 Å². The van der Waals surface area contributed by atoms with Gasteiger partial charge in [-0.15, -0.1) is 0 Å². The molecule has 1 saturated heterocycles. The van der Waals surface area contributed by atoms with Gasteiger partial charge in [-0.2, -0.15) is 0 Å². The van der Waals surface area contributed by atoms with Gasteiger partial charge in [-0.1, -0.05) is 6.07 Å². The molecule has 8 nitrogen and oxygen atoms in total. The van der Waals surface area contributed by atoms with Crippen LogP contribution < -0.4 is 5.56 Å². The first-order chi connectivity index (χ1) is 21.1. The number of aryl methyl sites for hydroxylation is 1. The van der Waals surface area contributed by atoms with Crippen LogP contribution in [0, 0.1) is 5.82 Å². The summed E-state index contributed by atoms with van der Waals surface area (Å²) in [5.41, 5.74) is 6.28. The van der Waals surface area contributed by atoms with E-state index in [2.05, 4.69) is 27.0 Å². The number of H-pyrrole nitrogens is 1. The lowest BCUT2D eigenvalue weighted by atomic mass is 9.98. The number of aromatic amines is 1. The fourth-order valence-electron chi connectivity index (χ4n) is 6.44. The maximum Gasteiger partial charge on any atom is 0.280 e. The van der Waals surface area contributed by atoms with Crippen molar-refractivity contribution in [1.82, 2.24) is 29.0 Å². The molecule has 2 aliphatic carbocycles. The van der Waals surface area contributed by atoms with Gasteiger partial charge in [-0.3, -0.25) is 14.3 Å². The zero-order valence-corrected chi connectivity index (χ0v) is 24.4. The summed E-state index contributed by atoms with van der Waals surface area (Å²) < 4.78 is 23.9. The number of nitrogens with one attached hydrogen (secondary N) is 1. The Labute approximate surface area is 249 Å². The summed E-state index contributed by atoms with van der Waals surface area (Å²) in [6, 6.07) is 11.1. The lowest BCUT2D eigenvalue weighted by Gasteiger charge is -2.25. The molecular formula is C34H35FN6O2. The molecule has 0 bridgehead atoms. The Hall–Kier alpha value is -4.08. The van der Waals surface area contributed by atoms with E-state index >= 15 is 0 Å². The maximum absolute atomic E-state index is 14.6. The maximum atomic E-state index is 14.6. The van der Waals surface area contributed by atoms with Crippen LogP contribution in [-0.4, -0.2) is 55.3 Å². The number of aromatic nitrogens is 5. The van der Waals surface area contributed by atoms with Crippen molar-refractivity contribution < 1.29 is 9.13 Å². The number of hydrogen-bond donors (Lipinski definition) is 1. The van der Waals surface area contributed by atoms with Crippen LogP contribution in [-0.2, 0) is 17.8 Å². The lowest BCUT2D eigenvalue weighted by Crippen LogP contribution is -2.35. The zero-order valence-electron chi connectivity index (χ0n) is 24.4. The number of ether oxygens (including phenoxy) is 1. The van der Waals surface area contributed by atoms with Crippen molar-refractivity contribution in [3.05, 3.63) is 88.1 Å². The number of pyridine rings is 2. The molecule has 5 heterocycles. The second kappa shape index (κ2) is 10.6. The van der Waals surface area contributed by atoms with Crippen molar-refractivity contribution in [2.45, 2.75) is 57.5 Å². The van der Waals surface area contributed by atoms with Gasteiger partial charge in [0.2, 0.25) is 0 Å². The summed E-state index contributed by atoms with van der Waals surface area (Å²) in [6.45, 7) is 6.79. The number of benzene rings is 1. The predicted octanol–water partition coefficient (Wildman–Crippen LogP) is 5.99. The van der Waals surface area contributed by atoms with E-state index < -0.39 is 0 Å². The molecule has 9 heteroatoms. The Morgan fingerprint density at radius 1 is 1.02 bits per heavy atom. The van der Waals surface area contributed by atoms with Crippen LogP contribution in [0.3, 0.4) is 0 Å². The molecule has 1 aromatic carbocycles. The normalized spacial score (nSPS) is 17.6. The Kier molecular flexibility index (Phi) is 6.53. The van der Waals surface area contributed by atoms with E-state index in [0.29, 0.717) is 23.2 Å². The molecule has 8 rings (SSSR count). The molecule has 4 aromatic heterocycles. The largest absolute Gasteiger partial charge is 0.379 e. The average Bonchev–Trinajstić information content (AvgIpc) is 3.96. The number of fused-ring (bicyclic) bond motifs is 1. The van der Waals surface area contributed by atoms with E-state index in [1.54, 1.807) is 16.8 Å². The van der Waals surface area contributed by atoms with Gasteiger partial charge in [0.25, 0.3) is 5.56 Å². The molecule has 0 radical (unpaired) electrons. The molecule has 3 fully saturated rings. The molecular weight excluding hydrogens is 543 g/mol. The van der Waals surface area contributed by atoms with Crippen molar-refractivity contribution >= 4 is 10.9 Å². The van der Waals surface area contributed by atoms with Crippen molar-refractivity contribution in [3.8, 4) is 28.3 Å². The molecule has 1 aliphatic heterocycles. The molecule has 1 N–H and O–H groups in total. The molecule has 2 saturated carbocycles. The Morgan fingerprint density at radius 3 is 2.60 bits per heavy atom. The topological polar surface area (TPSA) is 81.0 Å². The standard InChI is InChI=1S/C34H35FN6O2/c1-2-40-10-9-36-33(40)28-17-24(35)7-8-26(28)23-15-30(22-5-6-22)38-31(16-23)41-20-29(21-3-4-21)27-18-25(37-32(27)34(41)42)19-39-11-13-43-14-12-39/h7-10,15-18,20-22,37H,2-6,11-14,19H2,1H3. The van der Waals surface area contributed by atoms with Gasteiger partial charge < -0.3 is 14.3 Å². The van der Waals surface area contributed by atoms with E-state index in [-0.39, 0.29) is 11.4 Å². The second-order valence-electron chi connectivity index (χ2n) is 12.1. The van der Waals surface area contributed by atoms with Crippen LogP contribution >= 0.6 is 0 Å². The van der Waals surface area contributed by atoms with Crippen LogP contribution in [0.25, 0.3) is 39.2 Å². The predicted molar refractivity (Wildman–Crippen MR) is 164 cm³/mol. The van der Waals surface area contributed by atoms with Gasteiger partial charge in [-0.05, 0) is 85.5 Å². The molecule has 5 aromatic rings. The van der Waals surface area contributed by atoms with Crippen molar-refractivity contribution in [2.75, 3.05) is 26.3 Å². The quantitative estimate of drug-likeness (QED) is 0.245. The van der Waals surface area contributed by atoms with Crippen LogP contribution in [0.15, 0.2) is 59.8 Å². The third-order valence-corrected chi connectivity index (χ3v) is 9.06. The van der Waals surface area contributed by atoms with Crippen molar-refractivity contribution in [2.24, 2.45) is 0 Å². The fraction of sp³-hybridized carbons (Fsp3) is 0.382. The number of hydrogen-bond acceptors (Lipinski definition) is 5. The van der Waals surface area contributed by atoms with Crippen LogP contribution in [0.2, 0.25) is 0 Å². The van der Waals surface area contributed by atoms with E-state index in [1.807, 2.05) is 36.0 Å². The van der Waals surface area contributed by atoms with E-state index in [0.717, 1.165) is 104 Å². The number of nitrogens with zero attached hydrogens (tertiary/aromatic N) is 5. The summed E-state index contributed by atoms with van der Waals surface area (Å²) in [6.07, 6.45) is 10.1. The summed E-state index contributed by atoms with van der Waals surface area (Å²) >= 11 is 0. The number of imidazole rings is 1. The van der Waals surface area contributed by atoms with Gasteiger partial charge in [0.05, 0.1) is 13.2 Å². The summed E-state index contributed by atoms with van der Waals surface area (Å²) in [4.78, 5) is 29.6. The van der Waals surface area contributed by atoms with Crippen LogP contribution in [0.4, 0.5) is 4.39 Å². The molecule has 0 spiro atoms. The van der Waals surface area contributed by atoms with Crippen LogP contribution in [0.5, 0.6) is 0 Å². The highest BCUT2D eigenvalue weighted by Gasteiger charge is 2.30. The SMILES string of the molecule is CCn1ccnc1-c1cc(F)ccc1-c1cc(C2CC2)nc(-n2cc(C3CC3)c3cc(CN4CCOCC4)[nH]c3c2=O)c1. The van der Waals surface area contributed by atoms with Crippen molar-refractivity contribution in [3.63, 3.8) is 0 Å². The smallest absolute Gasteiger partial charge is 0.280 e. The van der Waals surface area contributed by atoms with E-state index in [9.17, 15) is 9.18 Å². The first-order valence-corrected chi connectivity index (χ1v) is 15.5. The molecule has 3 aliphatic rings. The zero-order chi connectivity index (χ0) is 29.1. The highest BCUT2D eigenvalue weighted by atomic mass is 19.1. The monoisotopic (exact) mass is 578 g/mol. The Balaban J connectivity index is 1.28. The highest BCUT2D eigenvalue weighted by Crippen LogP contribution is 2.44. The summed E-state index contributed by atoms with van der Waals surface area (Å²) in [7, 11) is 0. The molecule has 0 atom stereocenters. The minimum Gasteiger partial charge on any atom is -0.379 e. The second-order valence-corrected chi connectivity index (χ2v) is 12.1. The van der Waals surface area contributed by atoms with Gasteiger partial charge in [0.1, 0.15) is 23.0 Å². The first kappa shape index (κ1) is 26.5. The minimum atomic E-state index is -0.309. The number of morpholine rings is 1. The van der Waals surface area contributed by atoms with Gasteiger partial charge in [-0.25, -0.2) is 14.4 Å². The Bertz CT molecular complexity index is 1890. The number of rotatable bonds is 8. The highest BCUT2D eigenvalue weighted by molar-refractivity contribution is 5.85.